The number of halogens is 3. The van der Waals surface area contributed by atoms with Crippen LogP contribution in [0.4, 0.5) is 18.9 Å². The van der Waals surface area contributed by atoms with Crippen LogP contribution in [-0.2, 0) is 16.2 Å². The molecule has 160 valence electrons. The van der Waals surface area contributed by atoms with Gasteiger partial charge in [-0.3, -0.25) is 14.9 Å². The van der Waals surface area contributed by atoms with Gasteiger partial charge in [-0.05, 0) is 18.2 Å². The number of carbonyl (C=O) groups excluding carboxylic acids is 1. The minimum Gasteiger partial charge on any atom is -0.336 e. The van der Waals surface area contributed by atoms with Crippen molar-refractivity contribution in [3.8, 4) is 0 Å². The zero-order valence-corrected chi connectivity index (χ0v) is 16.2. The molecule has 0 N–H and O–H groups in total. The maximum Gasteiger partial charge on any atom is 0.417 e. The van der Waals surface area contributed by atoms with Crippen molar-refractivity contribution in [2.75, 3.05) is 26.2 Å². The molecule has 0 radical (unpaired) electrons. The molecular formula is C18H16F3N3O5S. The first kappa shape index (κ1) is 21.7. The lowest BCUT2D eigenvalue weighted by Gasteiger charge is -2.34. The van der Waals surface area contributed by atoms with Crippen molar-refractivity contribution in [3.63, 3.8) is 0 Å². The van der Waals surface area contributed by atoms with Gasteiger partial charge in [-0.25, -0.2) is 8.42 Å². The highest BCUT2D eigenvalue weighted by Crippen LogP contribution is 2.32. The fourth-order valence-electron chi connectivity index (χ4n) is 3.13. The van der Waals surface area contributed by atoms with E-state index in [-0.39, 0.29) is 36.8 Å². The molecule has 1 aliphatic heterocycles. The number of rotatable bonds is 4. The highest BCUT2D eigenvalue weighted by atomic mass is 32.2. The molecule has 1 aliphatic rings. The lowest BCUT2D eigenvalue weighted by atomic mass is 10.1. The Hall–Kier alpha value is -2.99. The molecule has 0 aromatic heterocycles. The first-order chi connectivity index (χ1) is 14.0. The van der Waals surface area contributed by atoms with E-state index in [1.807, 2.05) is 0 Å². The number of benzene rings is 2. The summed E-state index contributed by atoms with van der Waals surface area (Å²) in [5, 5.41) is 10.9. The maximum atomic E-state index is 13.2. The van der Waals surface area contributed by atoms with E-state index in [2.05, 4.69) is 0 Å². The lowest BCUT2D eigenvalue weighted by molar-refractivity contribution is -0.385. The largest absolute Gasteiger partial charge is 0.417 e. The molecule has 2 aromatic rings. The normalized spacial score (nSPS) is 15.8. The Kier molecular flexibility index (Phi) is 5.81. The Labute approximate surface area is 169 Å². The van der Waals surface area contributed by atoms with Gasteiger partial charge in [0.25, 0.3) is 11.6 Å². The third kappa shape index (κ3) is 4.28. The van der Waals surface area contributed by atoms with Crippen molar-refractivity contribution >= 4 is 21.6 Å². The highest BCUT2D eigenvalue weighted by molar-refractivity contribution is 7.89. The van der Waals surface area contributed by atoms with Crippen LogP contribution in [0.15, 0.2) is 53.4 Å². The summed E-state index contributed by atoms with van der Waals surface area (Å²) in [7, 11) is -4.05. The second kappa shape index (κ2) is 8.03. The number of nitro benzene ring substituents is 1. The van der Waals surface area contributed by atoms with Gasteiger partial charge >= 0.3 is 6.18 Å². The van der Waals surface area contributed by atoms with Crippen molar-refractivity contribution < 1.29 is 31.3 Å². The van der Waals surface area contributed by atoms with E-state index in [0.29, 0.717) is 0 Å². The Morgan fingerprint density at radius 2 is 1.63 bits per heavy atom. The zero-order chi connectivity index (χ0) is 22.1. The summed E-state index contributed by atoms with van der Waals surface area (Å²) in [5.74, 6) is -0.838. The van der Waals surface area contributed by atoms with Crippen LogP contribution in [-0.4, -0.2) is 54.6 Å². The van der Waals surface area contributed by atoms with Crippen LogP contribution in [0, 0.1) is 10.1 Å². The van der Waals surface area contributed by atoms with Gasteiger partial charge in [-0.2, -0.15) is 17.5 Å². The second-order valence-corrected chi connectivity index (χ2v) is 8.43. The number of non-ortho nitro benzene ring substituents is 1. The van der Waals surface area contributed by atoms with Crippen LogP contribution < -0.4 is 0 Å². The smallest absolute Gasteiger partial charge is 0.336 e. The van der Waals surface area contributed by atoms with Crippen LogP contribution in [0.3, 0.4) is 0 Å². The summed E-state index contributed by atoms with van der Waals surface area (Å²) in [6.07, 6.45) is -4.69. The SMILES string of the molecule is O=C(c1ccccc1C(F)(F)F)N1CCN(S(=O)(=O)c2cccc([N+](=O)[O-])c2)CC1. The Morgan fingerprint density at radius 3 is 2.23 bits per heavy atom. The predicted molar refractivity (Wildman–Crippen MR) is 99.2 cm³/mol. The monoisotopic (exact) mass is 443 g/mol. The van der Waals surface area contributed by atoms with Crippen molar-refractivity contribution in [1.29, 1.82) is 0 Å². The summed E-state index contributed by atoms with van der Waals surface area (Å²) in [4.78, 5) is 23.7. The van der Waals surface area contributed by atoms with Crippen molar-refractivity contribution in [3.05, 3.63) is 69.8 Å². The fourth-order valence-corrected chi connectivity index (χ4v) is 4.59. The summed E-state index contributed by atoms with van der Waals surface area (Å²) < 4.78 is 66.0. The molecule has 12 heteroatoms. The molecule has 0 atom stereocenters. The zero-order valence-electron chi connectivity index (χ0n) is 15.4. The van der Waals surface area contributed by atoms with Crippen molar-refractivity contribution in [1.82, 2.24) is 9.21 Å². The van der Waals surface area contributed by atoms with Crippen molar-refractivity contribution in [2.45, 2.75) is 11.1 Å². The maximum absolute atomic E-state index is 13.2. The van der Waals surface area contributed by atoms with E-state index >= 15 is 0 Å². The van der Waals surface area contributed by atoms with Gasteiger partial charge in [0, 0.05) is 38.3 Å². The molecule has 0 aliphatic carbocycles. The Balaban J connectivity index is 1.76. The Morgan fingerprint density at radius 1 is 1.00 bits per heavy atom. The standard InChI is InChI=1S/C18H16F3N3O5S/c19-18(20,21)16-7-2-1-6-15(16)17(25)22-8-10-23(11-9-22)30(28,29)14-5-3-4-13(12-14)24(26)27/h1-7,12H,8-11H2. The first-order valence-electron chi connectivity index (χ1n) is 8.72. The number of nitro groups is 1. The number of nitrogens with zero attached hydrogens (tertiary/aromatic N) is 3. The first-order valence-corrected chi connectivity index (χ1v) is 10.2. The molecule has 1 amide bonds. The van der Waals surface area contributed by atoms with E-state index < -0.39 is 38.2 Å². The molecular weight excluding hydrogens is 427 g/mol. The summed E-state index contributed by atoms with van der Waals surface area (Å²) in [6, 6.07) is 8.97. The number of carbonyl (C=O) groups is 1. The molecule has 1 saturated heterocycles. The molecule has 0 spiro atoms. The minimum absolute atomic E-state index is 0.112. The molecule has 0 unspecified atom stereocenters. The Bertz CT molecular complexity index is 1080. The third-order valence-electron chi connectivity index (χ3n) is 4.65. The molecule has 1 heterocycles. The number of piperazine rings is 1. The fraction of sp³-hybridized carbons (Fsp3) is 0.278. The van der Waals surface area contributed by atoms with E-state index in [9.17, 15) is 36.5 Å². The average molecular weight is 443 g/mol. The lowest BCUT2D eigenvalue weighted by Crippen LogP contribution is -2.50. The molecule has 30 heavy (non-hydrogen) atoms. The number of hydrogen-bond acceptors (Lipinski definition) is 5. The number of amides is 1. The van der Waals surface area contributed by atoms with E-state index in [1.54, 1.807) is 0 Å². The van der Waals surface area contributed by atoms with Crippen LogP contribution in [0.5, 0.6) is 0 Å². The van der Waals surface area contributed by atoms with Crippen LogP contribution in [0.2, 0.25) is 0 Å². The quantitative estimate of drug-likeness (QED) is 0.534. The summed E-state index contributed by atoms with van der Waals surface area (Å²) >= 11 is 0. The van der Waals surface area contributed by atoms with Gasteiger partial charge < -0.3 is 4.90 Å². The van der Waals surface area contributed by atoms with Gasteiger partial charge in [0.1, 0.15) is 0 Å². The molecule has 8 nitrogen and oxygen atoms in total. The molecule has 1 fully saturated rings. The highest BCUT2D eigenvalue weighted by Gasteiger charge is 2.37. The topological polar surface area (TPSA) is 101 Å². The van der Waals surface area contributed by atoms with Crippen LogP contribution in [0.1, 0.15) is 15.9 Å². The minimum atomic E-state index is -4.69. The number of alkyl halides is 3. The van der Waals surface area contributed by atoms with Gasteiger partial charge in [0.15, 0.2) is 0 Å². The van der Waals surface area contributed by atoms with E-state index in [1.165, 1.54) is 24.3 Å². The van der Waals surface area contributed by atoms with Crippen LogP contribution >= 0.6 is 0 Å². The molecule has 0 bridgehead atoms. The van der Waals surface area contributed by atoms with Gasteiger partial charge in [-0.15, -0.1) is 0 Å². The number of sulfonamides is 1. The average Bonchev–Trinajstić information content (AvgIpc) is 2.72. The summed E-state index contributed by atoms with van der Waals surface area (Å²) in [5.41, 5.74) is -1.93. The van der Waals surface area contributed by atoms with E-state index in [0.717, 1.165) is 33.5 Å². The predicted octanol–water partition coefficient (Wildman–Crippen LogP) is 2.76. The van der Waals surface area contributed by atoms with Crippen molar-refractivity contribution in [2.24, 2.45) is 0 Å². The number of hydrogen-bond donors (Lipinski definition) is 0. The van der Waals surface area contributed by atoms with E-state index in [4.69, 9.17) is 0 Å². The second-order valence-electron chi connectivity index (χ2n) is 6.49. The third-order valence-corrected chi connectivity index (χ3v) is 6.55. The molecule has 3 rings (SSSR count). The molecule has 2 aromatic carbocycles. The molecule has 0 saturated carbocycles. The van der Waals surface area contributed by atoms with Gasteiger partial charge in [0.05, 0.1) is 20.9 Å². The van der Waals surface area contributed by atoms with Gasteiger partial charge in [0.2, 0.25) is 10.0 Å². The van der Waals surface area contributed by atoms with Crippen LogP contribution in [0.25, 0.3) is 0 Å². The van der Waals surface area contributed by atoms with Gasteiger partial charge in [-0.1, -0.05) is 18.2 Å². The summed E-state index contributed by atoms with van der Waals surface area (Å²) in [6.45, 7) is -0.520.